The molecule has 0 bridgehead atoms. The molecule has 2 heterocycles. The van der Waals surface area contributed by atoms with E-state index in [1.54, 1.807) is 6.92 Å². The maximum absolute atomic E-state index is 11.7. The Hall–Kier alpha value is -0.320. The predicted octanol–water partition coefficient (Wildman–Crippen LogP) is 0.937. The summed E-state index contributed by atoms with van der Waals surface area (Å²) in [5.41, 5.74) is 0. The molecule has 98 valence electrons. The van der Waals surface area contributed by atoms with Crippen molar-refractivity contribution in [2.24, 2.45) is 0 Å². The molecule has 2 aliphatic rings. The minimum Gasteiger partial charge on any atom is -0.381 e. The lowest BCUT2D eigenvalue weighted by Crippen LogP contribution is -2.54. The first-order valence-corrected chi connectivity index (χ1v) is 6.87. The average molecular weight is 261 g/mol. The Morgan fingerprint density at radius 2 is 1.82 bits per heavy atom. The number of carbonyl (C=O) groups excluding carboxylic acids is 1. The van der Waals surface area contributed by atoms with E-state index in [0.717, 1.165) is 52.2 Å². The molecule has 0 unspecified atom stereocenters. The average Bonchev–Trinajstić information content (AvgIpc) is 2.39. The van der Waals surface area contributed by atoms with Crippen molar-refractivity contribution in [1.82, 2.24) is 9.80 Å². The third-order valence-electron chi connectivity index (χ3n) is 3.67. The highest BCUT2D eigenvalue weighted by Crippen LogP contribution is 2.17. The highest BCUT2D eigenvalue weighted by atomic mass is 35.5. The molecule has 1 atom stereocenters. The maximum Gasteiger partial charge on any atom is 0.240 e. The predicted molar refractivity (Wildman–Crippen MR) is 67.3 cm³/mol. The van der Waals surface area contributed by atoms with Crippen molar-refractivity contribution in [3.8, 4) is 0 Å². The van der Waals surface area contributed by atoms with E-state index in [-0.39, 0.29) is 5.91 Å². The maximum atomic E-state index is 11.7. The van der Waals surface area contributed by atoms with Crippen LogP contribution in [0.5, 0.6) is 0 Å². The van der Waals surface area contributed by atoms with Crippen LogP contribution in [0.3, 0.4) is 0 Å². The number of ether oxygens (including phenoxy) is 1. The Labute approximate surface area is 108 Å². The van der Waals surface area contributed by atoms with E-state index in [1.165, 1.54) is 0 Å². The van der Waals surface area contributed by atoms with Crippen molar-refractivity contribution in [3.05, 3.63) is 0 Å². The van der Waals surface area contributed by atoms with E-state index in [4.69, 9.17) is 16.3 Å². The Morgan fingerprint density at radius 1 is 1.24 bits per heavy atom. The van der Waals surface area contributed by atoms with Gasteiger partial charge in [0, 0.05) is 45.4 Å². The lowest BCUT2D eigenvalue weighted by Gasteiger charge is -2.40. The van der Waals surface area contributed by atoms with Crippen molar-refractivity contribution < 1.29 is 9.53 Å². The van der Waals surface area contributed by atoms with Gasteiger partial charge in [-0.3, -0.25) is 9.69 Å². The van der Waals surface area contributed by atoms with Gasteiger partial charge in [-0.25, -0.2) is 0 Å². The second-order valence-electron chi connectivity index (χ2n) is 4.82. The van der Waals surface area contributed by atoms with Crippen LogP contribution in [-0.4, -0.2) is 66.5 Å². The van der Waals surface area contributed by atoms with Crippen LogP contribution in [0, 0.1) is 0 Å². The molecule has 2 saturated heterocycles. The number of hydrogen-bond acceptors (Lipinski definition) is 3. The summed E-state index contributed by atoms with van der Waals surface area (Å²) in [6, 6.07) is 0.648. The van der Waals surface area contributed by atoms with E-state index in [2.05, 4.69) is 4.90 Å². The lowest BCUT2D eigenvalue weighted by molar-refractivity contribution is -0.132. The molecule has 2 fully saturated rings. The zero-order chi connectivity index (χ0) is 12.3. The van der Waals surface area contributed by atoms with Crippen molar-refractivity contribution in [3.63, 3.8) is 0 Å². The molecule has 4 nitrogen and oxygen atoms in total. The first kappa shape index (κ1) is 13.1. The molecule has 0 aliphatic carbocycles. The van der Waals surface area contributed by atoms with Crippen LogP contribution >= 0.6 is 11.6 Å². The zero-order valence-electron chi connectivity index (χ0n) is 10.4. The summed E-state index contributed by atoms with van der Waals surface area (Å²) >= 11 is 5.83. The molecule has 0 saturated carbocycles. The molecule has 5 heteroatoms. The number of halogens is 1. The van der Waals surface area contributed by atoms with Crippen LogP contribution in [-0.2, 0) is 9.53 Å². The van der Waals surface area contributed by atoms with Crippen molar-refractivity contribution in [2.45, 2.75) is 31.2 Å². The zero-order valence-corrected chi connectivity index (χ0v) is 11.2. The second-order valence-corrected chi connectivity index (χ2v) is 5.48. The van der Waals surface area contributed by atoms with Crippen LogP contribution in [0.4, 0.5) is 0 Å². The largest absolute Gasteiger partial charge is 0.381 e. The summed E-state index contributed by atoms with van der Waals surface area (Å²) in [5, 5.41) is -0.398. The summed E-state index contributed by atoms with van der Waals surface area (Å²) in [6.45, 7) is 7.07. The molecule has 1 amide bonds. The summed E-state index contributed by atoms with van der Waals surface area (Å²) in [5.74, 6) is 0.0679. The van der Waals surface area contributed by atoms with Crippen LogP contribution < -0.4 is 0 Å². The van der Waals surface area contributed by atoms with Gasteiger partial charge in [0.25, 0.3) is 0 Å². The van der Waals surface area contributed by atoms with E-state index in [1.807, 2.05) is 4.90 Å². The number of hydrogen-bond donors (Lipinski definition) is 0. The molecule has 0 radical (unpaired) electrons. The molecule has 0 spiro atoms. The summed E-state index contributed by atoms with van der Waals surface area (Å²) < 4.78 is 5.37. The highest BCUT2D eigenvalue weighted by Gasteiger charge is 2.28. The van der Waals surface area contributed by atoms with Crippen LogP contribution in [0.1, 0.15) is 19.8 Å². The number of rotatable bonds is 2. The van der Waals surface area contributed by atoms with Crippen molar-refractivity contribution >= 4 is 17.5 Å². The van der Waals surface area contributed by atoms with E-state index in [9.17, 15) is 4.79 Å². The Balaban J connectivity index is 1.79. The van der Waals surface area contributed by atoms with Gasteiger partial charge in [-0.05, 0) is 19.8 Å². The van der Waals surface area contributed by atoms with Crippen molar-refractivity contribution in [1.29, 1.82) is 0 Å². The molecule has 2 rings (SSSR count). The van der Waals surface area contributed by atoms with Gasteiger partial charge in [0.15, 0.2) is 0 Å². The van der Waals surface area contributed by atoms with Crippen molar-refractivity contribution in [2.75, 3.05) is 39.4 Å². The van der Waals surface area contributed by atoms with Gasteiger partial charge in [-0.15, -0.1) is 11.6 Å². The number of alkyl halides is 1. The molecule has 0 aromatic rings. The second kappa shape index (κ2) is 6.03. The third kappa shape index (κ3) is 3.33. The first-order chi connectivity index (χ1) is 8.18. The Bertz CT molecular complexity index is 259. The SMILES string of the molecule is C[C@H](Cl)C(=O)N1CCN(C2CCOCC2)CC1. The summed E-state index contributed by atoms with van der Waals surface area (Å²) in [4.78, 5) is 16.1. The molecule has 0 aromatic heterocycles. The van der Waals surface area contributed by atoms with Crippen LogP contribution in [0.15, 0.2) is 0 Å². The molecular formula is C12H21ClN2O2. The third-order valence-corrected chi connectivity index (χ3v) is 3.86. The first-order valence-electron chi connectivity index (χ1n) is 6.43. The van der Waals surface area contributed by atoms with Gasteiger partial charge < -0.3 is 9.64 Å². The summed E-state index contributed by atoms with van der Waals surface area (Å²) in [6.07, 6.45) is 2.25. The fraction of sp³-hybridized carbons (Fsp3) is 0.917. The van der Waals surface area contributed by atoms with Gasteiger partial charge in [0.1, 0.15) is 5.38 Å². The van der Waals surface area contributed by atoms with E-state index in [0.29, 0.717) is 6.04 Å². The van der Waals surface area contributed by atoms with Gasteiger partial charge >= 0.3 is 0 Å². The molecule has 0 N–H and O–H groups in total. The van der Waals surface area contributed by atoms with Gasteiger partial charge in [-0.2, -0.15) is 0 Å². The quantitative estimate of drug-likeness (QED) is 0.693. The van der Waals surface area contributed by atoms with Gasteiger partial charge in [-0.1, -0.05) is 0 Å². The van der Waals surface area contributed by atoms with Gasteiger partial charge in [0.2, 0.25) is 5.91 Å². The standard InChI is InChI=1S/C12H21ClN2O2/c1-10(13)12(16)15-6-4-14(5-7-15)11-2-8-17-9-3-11/h10-11H,2-9H2,1H3/t10-/m0/s1. The lowest BCUT2D eigenvalue weighted by atomic mass is 10.1. The molecule has 17 heavy (non-hydrogen) atoms. The Kier molecular flexibility index (Phi) is 4.65. The van der Waals surface area contributed by atoms with E-state index < -0.39 is 5.38 Å². The molecular weight excluding hydrogens is 240 g/mol. The monoisotopic (exact) mass is 260 g/mol. The smallest absolute Gasteiger partial charge is 0.240 e. The molecule has 0 aromatic carbocycles. The minimum absolute atomic E-state index is 0.0679. The fourth-order valence-electron chi connectivity index (χ4n) is 2.61. The van der Waals surface area contributed by atoms with E-state index >= 15 is 0 Å². The topological polar surface area (TPSA) is 32.8 Å². The number of nitrogens with zero attached hydrogens (tertiary/aromatic N) is 2. The minimum atomic E-state index is -0.398. The summed E-state index contributed by atoms with van der Waals surface area (Å²) in [7, 11) is 0. The van der Waals surface area contributed by atoms with Crippen LogP contribution in [0.25, 0.3) is 0 Å². The number of piperazine rings is 1. The highest BCUT2D eigenvalue weighted by molar-refractivity contribution is 6.30. The normalized spacial score (nSPS) is 25.9. The molecule has 2 aliphatic heterocycles. The van der Waals surface area contributed by atoms with Gasteiger partial charge in [0.05, 0.1) is 0 Å². The number of amides is 1. The number of carbonyl (C=O) groups is 1. The fourth-order valence-corrected chi connectivity index (χ4v) is 2.75. The van der Waals surface area contributed by atoms with Crippen LogP contribution in [0.2, 0.25) is 0 Å². The Morgan fingerprint density at radius 3 is 2.35 bits per heavy atom.